The van der Waals surface area contributed by atoms with Gasteiger partial charge in [0.1, 0.15) is 17.6 Å². The van der Waals surface area contributed by atoms with Gasteiger partial charge in [0.25, 0.3) is 5.91 Å². The molecule has 0 unspecified atom stereocenters. The third-order valence-electron chi connectivity index (χ3n) is 4.52. The molecule has 0 radical (unpaired) electrons. The number of piperidine rings is 1. The molecule has 0 saturated carbocycles. The van der Waals surface area contributed by atoms with Gasteiger partial charge >= 0.3 is 0 Å². The van der Waals surface area contributed by atoms with E-state index in [9.17, 15) is 10.1 Å². The number of carbonyl (C=O) groups excluding carboxylic acids is 1. The molecule has 2 aromatic rings. The van der Waals surface area contributed by atoms with Gasteiger partial charge in [-0.25, -0.2) is 4.98 Å². The number of nitrogens with zero attached hydrogens (tertiary/aromatic N) is 3. The first-order valence-corrected chi connectivity index (χ1v) is 8.81. The van der Waals surface area contributed by atoms with Gasteiger partial charge in [-0.3, -0.25) is 4.79 Å². The minimum absolute atomic E-state index is 0.0301. The monoisotopic (exact) mass is 350 g/mol. The number of aromatic nitrogens is 1. The summed E-state index contributed by atoms with van der Waals surface area (Å²) in [6.07, 6.45) is 3.64. The molecule has 1 amide bonds. The Morgan fingerprint density at radius 2 is 2.00 bits per heavy atom. The van der Waals surface area contributed by atoms with E-state index in [1.54, 1.807) is 18.3 Å². The molecule has 1 aliphatic heterocycles. The maximum Gasteiger partial charge on any atom is 0.257 e. The highest BCUT2D eigenvalue weighted by atomic mass is 16.5. The fourth-order valence-corrected chi connectivity index (χ4v) is 3.06. The van der Waals surface area contributed by atoms with Gasteiger partial charge in [0, 0.05) is 25.8 Å². The number of amides is 1. The lowest BCUT2D eigenvalue weighted by atomic mass is 9.96. The average molecular weight is 350 g/mol. The lowest BCUT2D eigenvalue weighted by Crippen LogP contribution is -2.40. The van der Waals surface area contributed by atoms with Gasteiger partial charge in [0.2, 0.25) is 0 Å². The lowest BCUT2D eigenvalue weighted by molar-refractivity contribution is -0.123. The van der Waals surface area contributed by atoms with Crippen molar-refractivity contribution in [3.8, 4) is 11.8 Å². The number of carbonyl (C=O) groups is 1. The maximum atomic E-state index is 11.9. The number of anilines is 1. The standard InChI is InChI=1S/C20H22N4O2/c21-13-17-5-4-10-22-20(17)24-11-8-16(9-12-24)14-23-19(25)15-26-18-6-2-1-3-7-18/h1-7,10,16H,8-9,11-12,14-15H2,(H,23,25). The number of pyridine rings is 1. The Kier molecular flexibility index (Phi) is 6.05. The van der Waals surface area contributed by atoms with E-state index in [0.29, 0.717) is 23.8 Å². The highest BCUT2D eigenvalue weighted by Gasteiger charge is 2.22. The van der Waals surface area contributed by atoms with E-state index < -0.39 is 0 Å². The number of hydrogen-bond acceptors (Lipinski definition) is 5. The van der Waals surface area contributed by atoms with E-state index in [-0.39, 0.29) is 12.5 Å². The Labute approximate surface area is 153 Å². The number of nitriles is 1. The predicted octanol–water partition coefficient (Wildman–Crippen LogP) is 2.36. The van der Waals surface area contributed by atoms with Crippen LogP contribution in [0.25, 0.3) is 0 Å². The molecule has 0 spiro atoms. The van der Waals surface area contributed by atoms with Crippen LogP contribution in [0.2, 0.25) is 0 Å². The number of rotatable bonds is 6. The molecule has 1 saturated heterocycles. The van der Waals surface area contributed by atoms with E-state index in [1.165, 1.54) is 0 Å². The van der Waals surface area contributed by atoms with Gasteiger partial charge in [0.05, 0.1) is 5.56 Å². The summed E-state index contributed by atoms with van der Waals surface area (Å²) in [6, 6.07) is 15.1. The Morgan fingerprint density at radius 3 is 2.73 bits per heavy atom. The molecule has 0 atom stereocenters. The van der Waals surface area contributed by atoms with Gasteiger partial charge in [-0.15, -0.1) is 0 Å². The molecule has 1 fully saturated rings. The fraction of sp³-hybridized carbons (Fsp3) is 0.350. The molecule has 134 valence electrons. The van der Waals surface area contributed by atoms with E-state index in [1.807, 2.05) is 30.3 Å². The van der Waals surface area contributed by atoms with Crippen LogP contribution in [0.4, 0.5) is 5.82 Å². The summed E-state index contributed by atoms with van der Waals surface area (Å²) in [5, 5.41) is 12.2. The van der Waals surface area contributed by atoms with Crippen LogP contribution in [-0.2, 0) is 4.79 Å². The molecule has 3 rings (SSSR count). The molecule has 26 heavy (non-hydrogen) atoms. The first kappa shape index (κ1) is 17.7. The lowest BCUT2D eigenvalue weighted by Gasteiger charge is -2.33. The van der Waals surface area contributed by atoms with Crippen LogP contribution in [0, 0.1) is 17.2 Å². The van der Waals surface area contributed by atoms with Crippen molar-refractivity contribution < 1.29 is 9.53 Å². The van der Waals surface area contributed by atoms with E-state index in [4.69, 9.17) is 4.74 Å². The van der Waals surface area contributed by atoms with Crippen LogP contribution >= 0.6 is 0 Å². The predicted molar refractivity (Wildman–Crippen MR) is 98.8 cm³/mol. The van der Waals surface area contributed by atoms with Crippen molar-refractivity contribution in [2.24, 2.45) is 5.92 Å². The molecular formula is C20H22N4O2. The number of nitrogens with one attached hydrogen (secondary N) is 1. The van der Waals surface area contributed by atoms with Gasteiger partial charge in [-0.1, -0.05) is 18.2 Å². The van der Waals surface area contributed by atoms with Crippen molar-refractivity contribution in [3.63, 3.8) is 0 Å². The van der Waals surface area contributed by atoms with Gasteiger partial charge in [-0.05, 0) is 43.0 Å². The molecule has 0 aliphatic carbocycles. The summed E-state index contributed by atoms with van der Waals surface area (Å²) in [4.78, 5) is 18.4. The Hall–Kier alpha value is -3.07. The van der Waals surface area contributed by atoms with Crippen LogP contribution < -0.4 is 15.0 Å². The van der Waals surface area contributed by atoms with Crippen LogP contribution in [0.1, 0.15) is 18.4 Å². The molecular weight excluding hydrogens is 328 g/mol. The highest BCUT2D eigenvalue weighted by molar-refractivity contribution is 5.77. The summed E-state index contributed by atoms with van der Waals surface area (Å²) < 4.78 is 5.45. The zero-order chi connectivity index (χ0) is 18.2. The summed E-state index contributed by atoms with van der Waals surface area (Å²) in [5.41, 5.74) is 0.609. The van der Waals surface area contributed by atoms with E-state index in [2.05, 4.69) is 21.3 Å². The quantitative estimate of drug-likeness (QED) is 0.865. The van der Waals surface area contributed by atoms with Gasteiger partial charge in [0.15, 0.2) is 6.61 Å². The normalized spacial score (nSPS) is 14.5. The summed E-state index contributed by atoms with van der Waals surface area (Å²) in [7, 11) is 0. The second kappa shape index (κ2) is 8.86. The van der Waals surface area contributed by atoms with Crippen molar-refractivity contribution in [3.05, 3.63) is 54.2 Å². The summed E-state index contributed by atoms with van der Waals surface area (Å²) in [5.74, 6) is 1.78. The van der Waals surface area contributed by atoms with Crippen molar-refractivity contribution in [2.75, 3.05) is 31.1 Å². The third kappa shape index (κ3) is 4.73. The third-order valence-corrected chi connectivity index (χ3v) is 4.52. The van der Waals surface area contributed by atoms with Gasteiger partial charge < -0.3 is 15.0 Å². The summed E-state index contributed by atoms with van der Waals surface area (Å²) in [6.45, 7) is 2.36. The van der Waals surface area contributed by atoms with Crippen LogP contribution in [0.15, 0.2) is 48.7 Å². The van der Waals surface area contributed by atoms with Gasteiger partial charge in [-0.2, -0.15) is 5.26 Å². The average Bonchev–Trinajstić information content (AvgIpc) is 2.72. The van der Waals surface area contributed by atoms with E-state index in [0.717, 1.165) is 31.7 Å². The second-order valence-electron chi connectivity index (χ2n) is 6.32. The molecule has 1 N–H and O–H groups in total. The first-order chi connectivity index (χ1) is 12.8. The SMILES string of the molecule is N#Cc1cccnc1N1CCC(CNC(=O)COc2ccccc2)CC1. The number of para-hydroxylation sites is 1. The van der Waals surface area contributed by atoms with E-state index >= 15 is 0 Å². The maximum absolute atomic E-state index is 11.9. The molecule has 2 heterocycles. The molecule has 1 aliphatic rings. The Bertz CT molecular complexity index is 765. The topological polar surface area (TPSA) is 78.3 Å². The largest absolute Gasteiger partial charge is 0.484 e. The van der Waals surface area contributed by atoms with Crippen molar-refractivity contribution in [1.29, 1.82) is 5.26 Å². The van der Waals surface area contributed by atoms with Crippen LogP contribution in [-0.4, -0.2) is 37.1 Å². The molecule has 6 heteroatoms. The highest BCUT2D eigenvalue weighted by Crippen LogP contribution is 2.23. The van der Waals surface area contributed by atoms with Crippen LogP contribution in [0.3, 0.4) is 0 Å². The number of ether oxygens (including phenoxy) is 1. The fourth-order valence-electron chi connectivity index (χ4n) is 3.06. The Balaban J connectivity index is 1.40. The molecule has 1 aromatic heterocycles. The first-order valence-electron chi connectivity index (χ1n) is 8.81. The molecule has 6 nitrogen and oxygen atoms in total. The number of benzene rings is 1. The van der Waals surface area contributed by atoms with Crippen LogP contribution in [0.5, 0.6) is 5.75 Å². The smallest absolute Gasteiger partial charge is 0.257 e. The van der Waals surface area contributed by atoms with Crippen molar-refractivity contribution in [2.45, 2.75) is 12.8 Å². The summed E-state index contributed by atoms with van der Waals surface area (Å²) >= 11 is 0. The van der Waals surface area contributed by atoms with Crippen molar-refractivity contribution in [1.82, 2.24) is 10.3 Å². The minimum Gasteiger partial charge on any atom is -0.484 e. The second-order valence-corrected chi connectivity index (χ2v) is 6.32. The number of hydrogen-bond donors (Lipinski definition) is 1. The molecule has 1 aromatic carbocycles. The molecule has 0 bridgehead atoms. The zero-order valence-corrected chi connectivity index (χ0v) is 14.6. The minimum atomic E-state index is -0.104. The Morgan fingerprint density at radius 1 is 1.23 bits per heavy atom. The zero-order valence-electron chi connectivity index (χ0n) is 14.6. The van der Waals surface area contributed by atoms with Crippen molar-refractivity contribution >= 4 is 11.7 Å².